The second kappa shape index (κ2) is 13.3. The Kier molecular flexibility index (Phi) is 9.01. The molecule has 0 unspecified atom stereocenters. The van der Waals surface area contributed by atoms with Crippen LogP contribution in [0.5, 0.6) is 6.01 Å². The summed E-state index contributed by atoms with van der Waals surface area (Å²) in [6, 6.07) is 15.0. The van der Waals surface area contributed by atoms with Gasteiger partial charge in [-0.3, -0.25) is 9.80 Å². The molecule has 0 radical (unpaired) electrons. The zero-order valence-electron chi connectivity index (χ0n) is 26.3. The number of fused-ring (bicyclic) bond motifs is 3. The Labute approximate surface area is 275 Å². The fourth-order valence-corrected chi connectivity index (χ4v) is 8.23. The van der Waals surface area contributed by atoms with Gasteiger partial charge in [0.15, 0.2) is 0 Å². The molecule has 1 aromatic heterocycles. The molecule has 0 aliphatic carbocycles. The van der Waals surface area contributed by atoms with E-state index in [9.17, 15) is 9.65 Å². The quantitative estimate of drug-likeness (QED) is 0.275. The molecule has 4 aliphatic rings. The smallest absolute Gasteiger partial charge is 0.318 e. The van der Waals surface area contributed by atoms with Gasteiger partial charge in [-0.1, -0.05) is 42.4 Å². The van der Waals surface area contributed by atoms with Crippen LogP contribution in [-0.2, 0) is 17.7 Å². The molecule has 9 nitrogen and oxygen atoms in total. The number of nitriles is 1. The number of halogens is 2. The van der Waals surface area contributed by atoms with Gasteiger partial charge in [-0.05, 0) is 62.7 Å². The predicted octanol–water partition coefficient (Wildman–Crippen LogP) is 5.71. The van der Waals surface area contributed by atoms with Gasteiger partial charge in [-0.2, -0.15) is 15.2 Å². The number of anilines is 2. The summed E-state index contributed by atoms with van der Waals surface area (Å²) in [6.07, 6.45) is 5.81. The number of hydrogen-bond acceptors (Lipinski definition) is 9. The van der Waals surface area contributed by atoms with Crippen LogP contribution in [-0.4, -0.2) is 90.6 Å². The van der Waals surface area contributed by atoms with Crippen molar-refractivity contribution in [3.8, 4) is 12.1 Å². The van der Waals surface area contributed by atoms with Crippen molar-refractivity contribution in [2.24, 2.45) is 0 Å². The van der Waals surface area contributed by atoms with Crippen LogP contribution in [0.3, 0.4) is 0 Å². The highest BCUT2D eigenvalue weighted by molar-refractivity contribution is 6.36. The fourth-order valence-electron chi connectivity index (χ4n) is 7.95. The van der Waals surface area contributed by atoms with Crippen LogP contribution >= 0.6 is 11.6 Å². The Morgan fingerprint density at radius 3 is 2.65 bits per heavy atom. The number of benzene rings is 2. The monoisotopic (exact) mass is 645 g/mol. The van der Waals surface area contributed by atoms with Gasteiger partial charge in [-0.15, -0.1) is 0 Å². The van der Waals surface area contributed by atoms with Crippen LogP contribution in [0.15, 0.2) is 48.8 Å². The highest BCUT2D eigenvalue weighted by Gasteiger charge is 2.45. The molecule has 3 fully saturated rings. The summed E-state index contributed by atoms with van der Waals surface area (Å²) in [7, 11) is 0. The van der Waals surface area contributed by atoms with E-state index in [2.05, 4.69) is 56.5 Å². The van der Waals surface area contributed by atoms with Crippen LogP contribution < -0.4 is 14.5 Å². The van der Waals surface area contributed by atoms with Crippen LogP contribution in [0.4, 0.5) is 15.9 Å². The largest absolute Gasteiger partial charge is 0.461 e. The molecular weight excluding hydrogens is 605 g/mol. The first-order chi connectivity index (χ1) is 22.4. The van der Waals surface area contributed by atoms with E-state index in [-0.39, 0.29) is 24.9 Å². The van der Waals surface area contributed by atoms with Crippen molar-refractivity contribution in [3.05, 3.63) is 65.1 Å². The summed E-state index contributed by atoms with van der Waals surface area (Å²) in [6.45, 7) is 9.65. The van der Waals surface area contributed by atoms with Crippen molar-refractivity contribution < 1.29 is 13.9 Å². The lowest BCUT2D eigenvalue weighted by Gasteiger charge is -2.42. The van der Waals surface area contributed by atoms with E-state index in [1.807, 2.05) is 12.1 Å². The normalized spacial score (nSPS) is 21.3. The van der Waals surface area contributed by atoms with Crippen molar-refractivity contribution in [1.82, 2.24) is 19.8 Å². The van der Waals surface area contributed by atoms with Gasteiger partial charge >= 0.3 is 6.01 Å². The molecule has 0 N–H and O–H groups in total. The van der Waals surface area contributed by atoms with Crippen LogP contribution in [0, 0.1) is 11.3 Å². The summed E-state index contributed by atoms with van der Waals surface area (Å²) in [5.74, 6) is 0.386. The van der Waals surface area contributed by atoms with Gasteiger partial charge in [0.2, 0.25) is 0 Å². The summed E-state index contributed by atoms with van der Waals surface area (Å²) < 4.78 is 25.3. The zero-order chi connectivity index (χ0) is 31.7. The molecule has 0 saturated carbocycles. The molecule has 4 aliphatic heterocycles. The molecule has 46 heavy (non-hydrogen) atoms. The molecule has 2 aromatic carbocycles. The lowest BCUT2D eigenvalue weighted by atomic mass is 9.95. The van der Waals surface area contributed by atoms with Gasteiger partial charge < -0.3 is 19.3 Å². The summed E-state index contributed by atoms with van der Waals surface area (Å²) in [5, 5.41) is 12.6. The number of piperazine rings is 1. The number of aromatic nitrogens is 2. The molecule has 242 valence electrons. The summed E-state index contributed by atoms with van der Waals surface area (Å²) >= 11 is 6.74. The van der Waals surface area contributed by atoms with E-state index in [1.54, 1.807) is 0 Å². The Bertz CT molecular complexity index is 1630. The molecule has 3 aromatic rings. The molecule has 0 spiro atoms. The number of nitrogens with zero attached hydrogens (tertiary/aromatic N) is 7. The third-order valence-electron chi connectivity index (χ3n) is 10.2. The molecular formula is C35H41ClFN7O2. The van der Waals surface area contributed by atoms with Gasteiger partial charge in [-0.25, -0.2) is 4.39 Å². The van der Waals surface area contributed by atoms with Crippen LogP contribution in [0.2, 0.25) is 5.02 Å². The Morgan fingerprint density at radius 2 is 1.87 bits per heavy atom. The maximum Gasteiger partial charge on any atom is 0.318 e. The van der Waals surface area contributed by atoms with Gasteiger partial charge in [0.25, 0.3) is 0 Å². The zero-order valence-corrected chi connectivity index (χ0v) is 27.0. The number of ether oxygens (including phenoxy) is 2. The van der Waals surface area contributed by atoms with Crippen molar-refractivity contribution >= 4 is 33.9 Å². The Balaban J connectivity index is 1.19. The van der Waals surface area contributed by atoms with E-state index >= 15 is 0 Å². The molecule has 11 heteroatoms. The predicted molar refractivity (Wildman–Crippen MR) is 178 cm³/mol. The maximum absolute atomic E-state index is 13.2. The van der Waals surface area contributed by atoms with Crippen molar-refractivity contribution in [3.63, 3.8) is 0 Å². The molecule has 1 atom stereocenters. The van der Waals surface area contributed by atoms with E-state index in [0.717, 1.165) is 77.5 Å². The molecule has 0 amide bonds. The molecule has 7 rings (SSSR count). The highest BCUT2D eigenvalue weighted by Crippen LogP contribution is 2.40. The van der Waals surface area contributed by atoms with Crippen LogP contribution in [0.1, 0.15) is 43.4 Å². The van der Waals surface area contributed by atoms with Gasteiger partial charge in [0, 0.05) is 48.9 Å². The molecule has 0 bridgehead atoms. The summed E-state index contributed by atoms with van der Waals surface area (Å²) in [5.41, 5.74) is 3.28. The minimum atomic E-state index is -0.506. The van der Waals surface area contributed by atoms with E-state index < -0.39 is 5.83 Å². The third-order valence-corrected chi connectivity index (χ3v) is 10.5. The first-order valence-corrected chi connectivity index (χ1v) is 16.8. The lowest BCUT2D eigenvalue weighted by Crippen LogP contribution is -2.54. The Hall–Kier alpha value is -3.49. The molecule has 5 heterocycles. The second-order valence-electron chi connectivity index (χ2n) is 13.0. The van der Waals surface area contributed by atoms with Crippen LogP contribution in [0.25, 0.3) is 10.8 Å². The number of rotatable bonds is 10. The number of hydrogen-bond donors (Lipinski definition) is 0. The van der Waals surface area contributed by atoms with E-state index in [1.165, 1.54) is 12.8 Å². The second-order valence-corrected chi connectivity index (χ2v) is 13.4. The highest BCUT2D eigenvalue weighted by atomic mass is 35.5. The minimum Gasteiger partial charge on any atom is -0.461 e. The Morgan fingerprint density at radius 1 is 1.07 bits per heavy atom. The fraction of sp³-hybridized carbons (Fsp3) is 0.514. The van der Waals surface area contributed by atoms with Crippen molar-refractivity contribution in [2.45, 2.75) is 56.7 Å². The average molecular weight is 646 g/mol. The first-order valence-electron chi connectivity index (χ1n) is 16.4. The topological polar surface area (TPSA) is 81.0 Å². The maximum atomic E-state index is 13.2. The van der Waals surface area contributed by atoms with Gasteiger partial charge in [0.1, 0.15) is 18.3 Å². The minimum absolute atomic E-state index is 0.0797. The molecule has 3 saturated heterocycles. The van der Waals surface area contributed by atoms with Crippen molar-refractivity contribution in [1.29, 1.82) is 5.26 Å². The average Bonchev–Trinajstić information content (AvgIpc) is 3.64. The SMILES string of the molecule is C=C(F)COCN1CCN(c2nc(OCC34CCCN3CCC4)nc3c2CCN(c2cccc4cccc(Cl)c24)C3)C[C@@H]1CC#N. The standard InChI is InChI=1S/C35H41ClFN7O2/c1-25(37)22-45-24-43-19-18-42(20-27(43)10-14-38)33-28-11-17-41(31-9-3-7-26-6-2-8-29(36)32(26)31)21-30(28)39-34(40-33)46-23-35-12-4-15-44(35)16-5-13-35/h2-3,6-9,27H,1,4-5,10-13,15-24H2/t27-/m0/s1. The van der Waals surface area contributed by atoms with Crippen molar-refractivity contribution in [2.75, 3.05) is 69.0 Å². The first kappa shape index (κ1) is 31.1. The third kappa shape index (κ3) is 6.14. The lowest BCUT2D eigenvalue weighted by molar-refractivity contribution is 0.00582. The van der Waals surface area contributed by atoms with E-state index in [4.69, 9.17) is 31.0 Å². The summed E-state index contributed by atoms with van der Waals surface area (Å²) in [4.78, 5) is 19.5. The van der Waals surface area contributed by atoms with E-state index in [0.29, 0.717) is 45.2 Å². The van der Waals surface area contributed by atoms with Gasteiger partial charge in [0.05, 0.1) is 48.6 Å².